The van der Waals surface area contributed by atoms with Gasteiger partial charge < -0.3 is 10.6 Å². The van der Waals surface area contributed by atoms with E-state index in [2.05, 4.69) is 25.8 Å². The van der Waals surface area contributed by atoms with Crippen molar-refractivity contribution in [1.29, 1.82) is 0 Å². The zero-order valence-electron chi connectivity index (χ0n) is 12.9. The summed E-state index contributed by atoms with van der Waals surface area (Å²) in [5.41, 5.74) is 7.85. The van der Waals surface area contributed by atoms with E-state index < -0.39 is 0 Å². The molecule has 0 spiro atoms. The monoisotopic (exact) mass is 278 g/mol. The second kappa shape index (κ2) is 6.23. The smallest absolute Gasteiger partial charge is 0.123 e. The van der Waals surface area contributed by atoms with E-state index in [0.717, 1.165) is 25.1 Å². The third kappa shape index (κ3) is 4.29. The minimum absolute atomic E-state index is 0.174. The summed E-state index contributed by atoms with van der Waals surface area (Å²) in [4.78, 5) is 2.30. The van der Waals surface area contributed by atoms with Gasteiger partial charge in [-0.05, 0) is 55.3 Å². The molecule has 2 nitrogen and oxygen atoms in total. The van der Waals surface area contributed by atoms with Crippen molar-refractivity contribution in [2.24, 2.45) is 17.1 Å². The maximum atomic E-state index is 12.9. The molecule has 2 atom stereocenters. The topological polar surface area (TPSA) is 29.3 Å². The number of nitrogens with zero attached hydrogens (tertiary/aromatic N) is 1. The summed E-state index contributed by atoms with van der Waals surface area (Å²) < 4.78 is 12.9. The van der Waals surface area contributed by atoms with Crippen molar-refractivity contribution in [3.05, 3.63) is 35.6 Å². The van der Waals surface area contributed by atoms with Crippen LogP contribution in [0.15, 0.2) is 24.3 Å². The molecule has 0 bridgehead atoms. The number of halogens is 1. The molecule has 1 fully saturated rings. The molecular formula is C17H27FN2. The summed E-state index contributed by atoms with van der Waals surface area (Å²) in [5, 5.41) is 0. The normalized spacial score (nSPS) is 25.9. The molecule has 1 aromatic rings. The van der Waals surface area contributed by atoms with Gasteiger partial charge in [0.1, 0.15) is 5.82 Å². The van der Waals surface area contributed by atoms with Gasteiger partial charge in [0, 0.05) is 19.1 Å². The lowest BCUT2D eigenvalue weighted by Gasteiger charge is -2.40. The fourth-order valence-electron chi connectivity index (χ4n) is 3.32. The van der Waals surface area contributed by atoms with Gasteiger partial charge in [0.15, 0.2) is 0 Å². The molecular weight excluding hydrogens is 251 g/mol. The van der Waals surface area contributed by atoms with E-state index in [9.17, 15) is 4.39 Å². The van der Waals surface area contributed by atoms with E-state index in [0.29, 0.717) is 17.4 Å². The molecule has 1 aliphatic rings. The van der Waals surface area contributed by atoms with Crippen LogP contribution in [0.3, 0.4) is 0 Å². The molecule has 0 aromatic heterocycles. The van der Waals surface area contributed by atoms with Gasteiger partial charge in [0.25, 0.3) is 0 Å². The lowest BCUT2D eigenvalue weighted by Crippen LogP contribution is -2.44. The van der Waals surface area contributed by atoms with Gasteiger partial charge in [-0.15, -0.1) is 0 Å². The summed E-state index contributed by atoms with van der Waals surface area (Å²) in [6.07, 6.45) is 3.55. The molecule has 2 N–H and O–H groups in total. The Balaban J connectivity index is 1.90. The van der Waals surface area contributed by atoms with Crippen LogP contribution in [0.2, 0.25) is 0 Å². The van der Waals surface area contributed by atoms with Crippen LogP contribution in [-0.2, 0) is 6.54 Å². The fourth-order valence-corrected chi connectivity index (χ4v) is 3.32. The van der Waals surface area contributed by atoms with Crippen LogP contribution in [0.1, 0.15) is 38.7 Å². The summed E-state index contributed by atoms with van der Waals surface area (Å²) >= 11 is 0. The van der Waals surface area contributed by atoms with Gasteiger partial charge in [0.05, 0.1) is 0 Å². The Morgan fingerprint density at radius 3 is 2.60 bits per heavy atom. The first-order valence-electron chi connectivity index (χ1n) is 7.54. The Morgan fingerprint density at radius 1 is 1.30 bits per heavy atom. The van der Waals surface area contributed by atoms with Gasteiger partial charge in [-0.3, -0.25) is 0 Å². The Kier molecular flexibility index (Phi) is 4.82. The lowest BCUT2D eigenvalue weighted by atomic mass is 9.70. The molecule has 0 radical (unpaired) electrons. The third-order valence-corrected chi connectivity index (χ3v) is 4.49. The zero-order valence-corrected chi connectivity index (χ0v) is 12.9. The maximum Gasteiger partial charge on any atom is 0.123 e. The quantitative estimate of drug-likeness (QED) is 0.914. The Morgan fingerprint density at radius 2 is 1.95 bits per heavy atom. The molecule has 3 heteroatoms. The van der Waals surface area contributed by atoms with Gasteiger partial charge in [-0.1, -0.05) is 26.0 Å². The van der Waals surface area contributed by atoms with Crippen LogP contribution in [0.5, 0.6) is 0 Å². The summed E-state index contributed by atoms with van der Waals surface area (Å²) in [6, 6.07) is 7.09. The number of rotatable bonds is 4. The van der Waals surface area contributed by atoms with Crippen LogP contribution in [0.4, 0.5) is 4.39 Å². The van der Waals surface area contributed by atoms with Crippen molar-refractivity contribution < 1.29 is 4.39 Å². The van der Waals surface area contributed by atoms with Crippen molar-refractivity contribution >= 4 is 0 Å². The van der Waals surface area contributed by atoms with E-state index in [1.54, 1.807) is 0 Å². The van der Waals surface area contributed by atoms with Crippen LogP contribution >= 0.6 is 0 Å². The van der Waals surface area contributed by atoms with Gasteiger partial charge >= 0.3 is 0 Å². The van der Waals surface area contributed by atoms with Crippen molar-refractivity contribution in [1.82, 2.24) is 4.90 Å². The minimum Gasteiger partial charge on any atom is -0.327 e. The number of nitrogens with two attached hydrogens (primary N) is 1. The second-order valence-electron chi connectivity index (χ2n) is 7.15. The zero-order chi connectivity index (χ0) is 14.8. The highest BCUT2D eigenvalue weighted by molar-refractivity contribution is 5.15. The Labute approximate surface area is 122 Å². The van der Waals surface area contributed by atoms with Gasteiger partial charge in [0.2, 0.25) is 0 Å². The first-order valence-corrected chi connectivity index (χ1v) is 7.54. The number of hydrogen-bond acceptors (Lipinski definition) is 2. The molecule has 1 aliphatic carbocycles. The van der Waals surface area contributed by atoms with Crippen LogP contribution in [0.25, 0.3) is 0 Å². The van der Waals surface area contributed by atoms with Gasteiger partial charge in [-0.25, -0.2) is 4.39 Å². The maximum absolute atomic E-state index is 12.9. The Hall–Kier alpha value is -0.930. The highest BCUT2D eigenvalue weighted by atomic mass is 19.1. The highest BCUT2D eigenvalue weighted by Gasteiger charge is 2.33. The molecule has 20 heavy (non-hydrogen) atoms. The largest absolute Gasteiger partial charge is 0.327 e. The molecule has 112 valence electrons. The van der Waals surface area contributed by atoms with Crippen molar-refractivity contribution in [2.45, 2.75) is 45.7 Å². The van der Waals surface area contributed by atoms with E-state index in [1.165, 1.54) is 25.0 Å². The molecule has 1 aromatic carbocycles. The molecule has 1 saturated carbocycles. The predicted molar refractivity (Wildman–Crippen MR) is 81.8 cm³/mol. The van der Waals surface area contributed by atoms with Crippen molar-refractivity contribution in [3.8, 4) is 0 Å². The molecule has 2 rings (SSSR count). The van der Waals surface area contributed by atoms with E-state index >= 15 is 0 Å². The average molecular weight is 278 g/mol. The first-order chi connectivity index (χ1) is 9.35. The lowest BCUT2D eigenvalue weighted by molar-refractivity contribution is 0.122. The van der Waals surface area contributed by atoms with Crippen LogP contribution < -0.4 is 5.73 Å². The van der Waals surface area contributed by atoms with Crippen LogP contribution in [-0.4, -0.2) is 24.5 Å². The van der Waals surface area contributed by atoms with E-state index in [4.69, 9.17) is 5.73 Å². The predicted octanol–water partition coefficient (Wildman–Crippen LogP) is 3.41. The SMILES string of the molecule is CN(Cc1ccc(F)cc1)CC1CC(C)(C)CCC1N. The Bertz CT molecular complexity index is 427. The molecule has 0 aliphatic heterocycles. The fraction of sp³-hybridized carbons (Fsp3) is 0.647. The van der Waals surface area contributed by atoms with Crippen molar-refractivity contribution in [2.75, 3.05) is 13.6 Å². The van der Waals surface area contributed by atoms with Gasteiger partial charge in [-0.2, -0.15) is 0 Å². The van der Waals surface area contributed by atoms with Crippen molar-refractivity contribution in [3.63, 3.8) is 0 Å². The first kappa shape index (κ1) is 15.5. The molecule has 0 heterocycles. The second-order valence-corrected chi connectivity index (χ2v) is 7.15. The molecule has 0 saturated heterocycles. The average Bonchev–Trinajstić information content (AvgIpc) is 2.36. The summed E-state index contributed by atoms with van der Waals surface area (Å²) in [6.45, 7) is 6.55. The van der Waals surface area contributed by atoms with Crippen LogP contribution in [0, 0.1) is 17.2 Å². The number of benzene rings is 1. The standard InChI is InChI=1S/C17H27FN2/c1-17(2)9-8-16(19)14(10-17)12-20(3)11-13-4-6-15(18)7-5-13/h4-7,14,16H,8-12,19H2,1-3H3. The van der Waals surface area contributed by atoms with E-state index in [-0.39, 0.29) is 5.82 Å². The minimum atomic E-state index is -0.174. The molecule has 0 amide bonds. The third-order valence-electron chi connectivity index (χ3n) is 4.49. The van der Waals surface area contributed by atoms with E-state index in [1.807, 2.05) is 12.1 Å². The summed E-state index contributed by atoms with van der Waals surface area (Å²) in [7, 11) is 2.12. The molecule has 2 unspecified atom stereocenters. The number of hydrogen-bond donors (Lipinski definition) is 1. The summed E-state index contributed by atoms with van der Waals surface area (Å²) in [5.74, 6) is 0.386. The highest BCUT2D eigenvalue weighted by Crippen LogP contribution is 2.38.